The lowest BCUT2D eigenvalue weighted by atomic mass is 9.67. The Bertz CT molecular complexity index is 763. The highest BCUT2D eigenvalue weighted by molar-refractivity contribution is 6.13. The summed E-state index contributed by atoms with van der Waals surface area (Å²) in [5.41, 5.74) is -2.61. The Kier molecular flexibility index (Phi) is 5.20. The fraction of sp³-hybridized carbons (Fsp3) is 0.412. The largest absolute Gasteiger partial charge is 0.468 e. The van der Waals surface area contributed by atoms with Gasteiger partial charge in [-0.2, -0.15) is 0 Å². The molecule has 9 heteroatoms. The zero-order valence-corrected chi connectivity index (χ0v) is 15.0. The quantitative estimate of drug-likeness (QED) is 0.491. The summed E-state index contributed by atoms with van der Waals surface area (Å²) in [6, 6.07) is -0.891. The van der Waals surface area contributed by atoms with Gasteiger partial charge < -0.3 is 23.8 Å². The van der Waals surface area contributed by atoms with Gasteiger partial charge in [-0.25, -0.2) is 14.4 Å². The highest BCUT2D eigenvalue weighted by Gasteiger charge is 2.65. The van der Waals surface area contributed by atoms with E-state index in [4.69, 9.17) is 18.9 Å². The summed E-state index contributed by atoms with van der Waals surface area (Å²) in [6.07, 6.45) is 4.45. The van der Waals surface area contributed by atoms with Crippen LogP contribution in [0.5, 0.6) is 0 Å². The number of esters is 4. The van der Waals surface area contributed by atoms with Gasteiger partial charge in [0.25, 0.3) is 0 Å². The molecule has 0 aromatic carbocycles. The van der Waals surface area contributed by atoms with E-state index in [0.717, 1.165) is 28.4 Å². The third-order valence-electron chi connectivity index (χ3n) is 4.51. The molecule has 0 bridgehead atoms. The van der Waals surface area contributed by atoms with E-state index in [1.54, 1.807) is 6.08 Å². The second-order valence-corrected chi connectivity index (χ2v) is 5.52. The van der Waals surface area contributed by atoms with E-state index < -0.39 is 35.3 Å². The first kappa shape index (κ1) is 19.2. The standard InChI is InChI=1S/C17H19NO8/c1-18-10-8-6-7-9(13(19)23-2)17(10,16(22)26-5)11(14(20)24-3)12(18)15(21)25-4/h6-8,10H,1-5H3. The molecule has 0 aromatic heterocycles. The minimum Gasteiger partial charge on any atom is -0.468 e. The van der Waals surface area contributed by atoms with Crippen LogP contribution in [0.4, 0.5) is 0 Å². The maximum Gasteiger partial charge on any atom is 0.354 e. The van der Waals surface area contributed by atoms with E-state index in [0.29, 0.717) is 0 Å². The van der Waals surface area contributed by atoms with Crippen molar-refractivity contribution in [2.24, 2.45) is 5.41 Å². The molecule has 0 saturated carbocycles. The molecule has 9 nitrogen and oxygen atoms in total. The van der Waals surface area contributed by atoms with Gasteiger partial charge in [-0.15, -0.1) is 0 Å². The second kappa shape index (κ2) is 7.03. The number of fused-ring (bicyclic) bond motifs is 1. The molecule has 1 heterocycles. The molecule has 0 spiro atoms. The lowest BCUT2D eigenvalue weighted by molar-refractivity contribution is -0.155. The summed E-state index contributed by atoms with van der Waals surface area (Å²) >= 11 is 0. The summed E-state index contributed by atoms with van der Waals surface area (Å²) in [5, 5.41) is 0. The maximum atomic E-state index is 12.9. The Hall–Kier alpha value is -3.10. The van der Waals surface area contributed by atoms with Gasteiger partial charge in [0.05, 0.1) is 45.6 Å². The first-order valence-corrected chi connectivity index (χ1v) is 7.52. The number of ether oxygens (including phenoxy) is 4. The molecule has 1 aliphatic carbocycles. The number of carbonyl (C=O) groups is 4. The van der Waals surface area contributed by atoms with E-state index >= 15 is 0 Å². The zero-order valence-electron chi connectivity index (χ0n) is 15.0. The van der Waals surface area contributed by atoms with E-state index in [1.165, 1.54) is 24.1 Å². The Labute approximate surface area is 149 Å². The lowest BCUT2D eigenvalue weighted by Crippen LogP contribution is -2.51. The van der Waals surface area contributed by atoms with Crippen LogP contribution < -0.4 is 0 Å². The van der Waals surface area contributed by atoms with E-state index in [1.807, 2.05) is 0 Å². The minimum absolute atomic E-state index is 0.148. The number of allylic oxidation sites excluding steroid dienone is 2. The normalized spacial score (nSPS) is 23.8. The number of nitrogens with zero attached hydrogens (tertiary/aromatic N) is 1. The molecular weight excluding hydrogens is 346 g/mol. The Morgan fingerprint density at radius 2 is 1.50 bits per heavy atom. The average molecular weight is 365 g/mol. The van der Waals surface area contributed by atoms with Crippen LogP contribution in [-0.4, -0.2) is 70.3 Å². The first-order chi connectivity index (χ1) is 12.3. The van der Waals surface area contributed by atoms with Gasteiger partial charge in [-0.05, 0) is 0 Å². The Morgan fingerprint density at radius 1 is 0.923 bits per heavy atom. The van der Waals surface area contributed by atoms with Gasteiger partial charge in [0.15, 0.2) is 5.41 Å². The topological polar surface area (TPSA) is 108 Å². The number of likely N-dealkylation sites (N-methyl/N-ethyl adjacent to an activating group) is 1. The molecule has 140 valence electrons. The van der Waals surface area contributed by atoms with Crippen molar-refractivity contribution < 1.29 is 38.1 Å². The summed E-state index contributed by atoms with van der Waals surface area (Å²) in [4.78, 5) is 51.6. The van der Waals surface area contributed by atoms with Crippen molar-refractivity contribution in [1.29, 1.82) is 0 Å². The van der Waals surface area contributed by atoms with Gasteiger partial charge in [-0.3, -0.25) is 4.79 Å². The first-order valence-electron chi connectivity index (χ1n) is 7.52. The van der Waals surface area contributed by atoms with Crippen LogP contribution in [-0.2, 0) is 38.1 Å². The van der Waals surface area contributed by atoms with Gasteiger partial charge >= 0.3 is 23.9 Å². The number of methoxy groups -OCH3 is 4. The highest BCUT2D eigenvalue weighted by Crippen LogP contribution is 2.52. The Morgan fingerprint density at radius 3 is 2.00 bits per heavy atom. The monoisotopic (exact) mass is 365 g/mol. The third kappa shape index (κ3) is 2.39. The van der Waals surface area contributed by atoms with Crippen LogP contribution in [0.2, 0.25) is 0 Å². The van der Waals surface area contributed by atoms with Crippen molar-refractivity contribution in [2.45, 2.75) is 6.04 Å². The molecule has 26 heavy (non-hydrogen) atoms. The fourth-order valence-corrected chi connectivity index (χ4v) is 3.43. The number of hydrogen-bond acceptors (Lipinski definition) is 9. The smallest absolute Gasteiger partial charge is 0.354 e. The molecule has 0 fully saturated rings. The van der Waals surface area contributed by atoms with Crippen molar-refractivity contribution >= 4 is 23.9 Å². The molecule has 0 N–H and O–H groups in total. The number of carbonyl (C=O) groups excluding carboxylic acids is 4. The predicted molar refractivity (Wildman–Crippen MR) is 86.3 cm³/mol. The van der Waals surface area contributed by atoms with Gasteiger partial charge in [-0.1, -0.05) is 18.2 Å². The van der Waals surface area contributed by atoms with Gasteiger partial charge in [0, 0.05) is 7.05 Å². The summed E-state index contributed by atoms with van der Waals surface area (Å²) < 4.78 is 19.2. The maximum absolute atomic E-state index is 12.9. The number of rotatable bonds is 4. The highest BCUT2D eigenvalue weighted by atomic mass is 16.5. The van der Waals surface area contributed by atoms with Crippen molar-refractivity contribution in [3.8, 4) is 0 Å². The van der Waals surface area contributed by atoms with Gasteiger partial charge in [0.2, 0.25) is 0 Å². The summed E-state index contributed by atoms with van der Waals surface area (Å²) in [6.45, 7) is 0. The molecule has 2 unspecified atom stereocenters. The molecule has 2 aliphatic rings. The molecule has 2 atom stereocenters. The van der Waals surface area contributed by atoms with E-state index in [9.17, 15) is 19.2 Å². The lowest BCUT2D eigenvalue weighted by Gasteiger charge is -2.37. The van der Waals surface area contributed by atoms with Crippen LogP contribution in [0.3, 0.4) is 0 Å². The molecular formula is C17H19NO8. The molecule has 0 saturated heterocycles. The molecule has 0 aromatic rings. The van der Waals surface area contributed by atoms with Crippen LogP contribution in [0, 0.1) is 5.41 Å². The summed E-state index contributed by atoms with van der Waals surface area (Å²) in [5.74, 6) is -3.57. The fourth-order valence-electron chi connectivity index (χ4n) is 3.43. The second-order valence-electron chi connectivity index (χ2n) is 5.52. The minimum atomic E-state index is -1.93. The van der Waals surface area contributed by atoms with Crippen LogP contribution in [0.25, 0.3) is 0 Å². The van der Waals surface area contributed by atoms with Crippen LogP contribution >= 0.6 is 0 Å². The SMILES string of the molecule is COC(=O)C1=CC=CC2N(C)C(C(=O)OC)=C(C(=O)OC)C12C(=O)OC. The zero-order chi connectivity index (χ0) is 19.6. The third-order valence-corrected chi connectivity index (χ3v) is 4.51. The predicted octanol–water partition coefficient (Wildman–Crippen LogP) is -0.271. The average Bonchev–Trinajstić information content (AvgIpc) is 2.95. The molecule has 0 amide bonds. The van der Waals surface area contributed by atoms with Crippen molar-refractivity contribution in [3.05, 3.63) is 35.1 Å². The molecule has 1 aliphatic heterocycles. The van der Waals surface area contributed by atoms with E-state index in [2.05, 4.69) is 0 Å². The molecule has 0 radical (unpaired) electrons. The van der Waals surface area contributed by atoms with Crippen molar-refractivity contribution in [1.82, 2.24) is 4.90 Å². The van der Waals surface area contributed by atoms with Crippen molar-refractivity contribution in [2.75, 3.05) is 35.5 Å². The Balaban J connectivity index is 2.94. The summed E-state index contributed by atoms with van der Waals surface area (Å²) in [7, 11) is 5.99. The molecule has 2 rings (SSSR count). The van der Waals surface area contributed by atoms with Crippen LogP contribution in [0.15, 0.2) is 35.1 Å². The van der Waals surface area contributed by atoms with Crippen LogP contribution in [0.1, 0.15) is 0 Å². The van der Waals surface area contributed by atoms with Crippen molar-refractivity contribution in [3.63, 3.8) is 0 Å². The number of hydrogen-bond donors (Lipinski definition) is 0. The van der Waals surface area contributed by atoms with Gasteiger partial charge in [0.1, 0.15) is 5.70 Å². The van der Waals surface area contributed by atoms with E-state index in [-0.39, 0.29) is 16.8 Å².